The maximum atomic E-state index is 12.3. The summed E-state index contributed by atoms with van der Waals surface area (Å²) in [5.74, 6) is -15.2. The standard InChI is InChI=1S/C6H8F6O/c1-3(7)5(9,10)6(11,12)4(2,8)13/h3,13H,1-2H3. The first-order valence-electron chi connectivity index (χ1n) is 3.25. The highest BCUT2D eigenvalue weighted by Gasteiger charge is 2.70. The van der Waals surface area contributed by atoms with E-state index < -0.39 is 23.9 Å². The normalized spacial score (nSPS) is 21.0. The highest BCUT2D eigenvalue weighted by atomic mass is 19.3. The molecule has 0 aromatic carbocycles. The number of hydrogen-bond acceptors (Lipinski definition) is 1. The average molecular weight is 210 g/mol. The Morgan fingerprint density at radius 1 is 1.08 bits per heavy atom. The van der Waals surface area contributed by atoms with Crippen LogP contribution in [0.25, 0.3) is 0 Å². The zero-order valence-corrected chi connectivity index (χ0v) is 6.79. The van der Waals surface area contributed by atoms with E-state index in [0.717, 1.165) is 0 Å². The van der Waals surface area contributed by atoms with E-state index in [9.17, 15) is 26.3 Å². The molecule has 0 amide bonds. The van der Waals surface area contributed by atoms with Crippen molar-refractivity contribution in [3.63, 3.8) is 0 Å². The molecule has 0 aliphatic rings. The summed E-state index contributed by atoms with van der Waals surface area (Å²) < 4.78 is 73.5. The van der Waals surface area contributed by atoms with Gasteiger partial charge in [-0.15, -0.1) is 0 Å². The smallest absolute Gasteiger partial charge is 0.357 e. The van der Waals surface area contributed by atoms with Crippen LogP contribution >= 0.6 is 0 Å². The highest BCUT2D eigenvalue weighted by molar-refractivity contribution is 4.96. The Balaban J connectivity index is 5.04. The van der Waals surface area contributed by atoms with Crippen molar-refractivity contribution in [3.8, 4) is 0 Å². The molecule has 1 nitrogen and oxygen atoms in total. The van der Waals surface area contributed by atoms with Crippen molar-refractivity contribution in [2.75, 3.05) is 0 Å². The van der Waals surface area contributed by atoms with Gasteiger partial charge in [-0.3, -0.25) is 0 Å². The lowest BCUT2D eigenvalue weighted by Crippen LogP contribution is -2.58. The minimum Gasteiger partial charge on any atom is -0.357 e. The van der Waals surface area contributed by atoms with Crippen LogP contribution in [-0.4, -0.2) is 29.0 Å². The molecule has 1 N–H and O–H groups in total. The van der Waals surface area contributed by atoms with E-state index in [-0.39, 0.29) is 13.8 Å². The second kappa shape index (κ2) is 3.04. The van der Waals surface area contributed by atoms with Crippen molar-refractivity contribution in [2.45, 2.75) is 37.7 Å². The molecule has 0 heterocycles. The van der Waals surface area contributed by atoms with Crippen LogP contribution < -0.4 is 0 Å². The summed E-state index contributed by atoms with van der Waals surface area (Å²) in [6.45, 7) is -0.0110. The molecule has 0 saturated heterocycles. The Kier molecular flexibility index (Phi) is 2.93. The van der Waals surface area contributed by atoms with E-state index in [1.807, 2.05) is 0 Å². The van der Waals surface area contributed by atoms with Crippen LogP contribution in [0.5, 0.6) is 0 Å². The lowest BCUT2D eigenvalue weighted by Gasteiger charge is -2.32. The minimum atomic E-state index is -5.46. The molecule has 0 saturated carbocycles. The van der Waals surface area contributed by atoms with Crippen LogP contribution in [-0.2, 0) is 0 Å². The van der Waals surface area contributed by atoms with Gasteiger partial charge in [0.2, 0.25) is 0 Å². The van der Waals surface area contributed by atoms with Crippen molar-refractivity contribution in [1.82, 2.24) is 0 Å². The third-order valence-corrected chi connectivity index (χ3v) is 1.49. The van der Waals surface area contributed by atoms with Gasteiger partial charge in [-0.25, -0.2) is 8.78 Å². The molecule has 0 aliphatic heterocycles. The van der Waals surface area contributed by atoms with Gasteiger partial charge in [-0.1, -0.05) is 0 Å². The molecule has 0 aromatic rings. The Labute approximate surface area is 70.4 Å². The molecular weight excluding hydrogens is 202 g/mol. The first-order chi connectivity index (χ1) is 5.44. The van der Waals surface area contributed by atoms with Crippen molar-refractivity contribution < 1.29 is 31.4 Å². The summed E-state index contributed by atoms with van der Waals surface area (Å²) in [5, 5.41) is 8.07. The van der Waals surface area contributed by atoms with E-state index in [0.29, 0.717) is 0 Å². The van der Waals surface area contributed by atoms with Crippen LogP contribution in [0.4, 0.5) is 26.3 Å². The van der Waals surface area contributed by atoms with Crippen molar-refractivity contribution in [2.24, 2.45) is 0 Å². The molecule has 0 bridgehead atoms. The summed E-state index contributed by atoms with van der Waals surface area (Å²) in [6, 6.07) is 0. The number of alkyl halides is 6. The fourth-order valence-corrected chi connectivity index (χ4v) is 0.554. The van der Waals surface area contributed by atoms with E-state index in [4.69, 9.17) is 5.11 Å². The molecule has 7 heteroatoms. The van der Waals surface area contributed by atoms with E-state index in [2.05, 4.69) is 0 Å². The van der Waals surface area contributed by atoms with Gasteiger partial charge in [0.05, 0.1) is 0 Å². The number of rotatable bonds is 3. The zero-order valence-electron chi connectivity index (χ0n) is 6.79. The molecular formula is C6H8F6O. The molecule has 0 fully saturated rings. The highest BCUT2D eigenvalue weighted by Crippen LogP contribution is 2.45. The third kappa shape index (κ3) is 1.90. The van der Waals surface area contributed by atoms with Crippen LogP contribution in [0.15, 0.2) is 0 Å². The van der Waals surface area contributed by atoms with Gasteiger partial charge in [0.1, 0.15) is 0 Å². The first-order valence-corrected chi connectivity index (χ1v) is 3.25. The van der Waals surface area contributed by atoms with Gasteiger partial charge in [-0.05, 0) is 6.92 Å². The molecule has 0 radical (unpaired) electrons. The molecule has 0 rings (SSSR count). The molecule has 13 heavy (non-hydrogen) atoms. The second-order valence-electron chi connectivity index (χ2n) is 2.77. The lowest BCUT2D eigenvalue weighted by atomic mass is 10.0. The first kappa shape index (κ1) is 12.5. The van der Waals surface area contributed by atoms with Gasteiger partial charge in [-0.2, -0.15) is 17.6 Å². The summed E-state index contributed by atoms with van der Waals surface area (Å²) in [7, 11) is 0. The third-order valence-electron chi connectivity index (χ3n) is 1.49. The van der Waals surface area contributed by atoms with Gasteiger partial charge in [0.15, 0.2) is 6.17 Å². The van der Waals surface area contributed by atoms with Gasteiger partial charge in [0.25, 0.3) is 5.85 Å². The van der Waals surface area contributed by atoms with Gasteiger partial charge in [0, 0.05) is 6.92 Å². The van der Waals surface area contributed by atoms with Crippen molar-refractivity contribution in [1.29, 1.82) is 0 Å². The van der Waals surface area contributed by atoms with Gasteiger partial charge < -0.3 is 5.11 Å². The fourth-order valence-electron chi connectivity index (χ4n) is 0.554. The molecule has 2 unspecified atom stereocenters. The van der Waals surface area contributed by atoms with Crippen molar-refractivity contribution in [3.05, 3.63) is 0 Å². The Hall–Kier alpha value is -0.460. The quantitative estimate of drug-likeness (QED) is 0.708. The van der Waals surface area contributed by atoms with E-state index in [1.165, 1.54) is 0 Å². The summed E-state index contributed by atoms with van der Waals surface area (Å²) in [5.41, 5.74) is 0. The fraction of sp³-hybridized carbons (Fsp3) is 1.00. The van der Waals surface area contributed by atoms with E-state index in [1.54, 1.807) is 0 Å². The predicted molar refractivity (Wildman–Crippen MR) is 32.2 cm³/mol. The minimum absolute atomic E-state index is 0.152. The molecule has 0 spiro atoms. The average Bonchev–Trinajstić information content (AvgIpc) is 1.84. The monoisotopic (exact) mass is 210 g/mol. The zero-order chi connectivity index (χ0) is 11.1. The number of halogens is 6. The molecule has 0 aromatic heterocycles. The summed E-state index contributed by atoms with van der Waals surface area (Å²) >= 11 is 0. The van der Waals surface area contributed by atoms with Gasteiger partial charge >= 0.3 is 11.8 Å². The summed E-state index contributed by atoms with van der Waals surface area (Å²) in [4.78, 5) is 0. The maximum Gasteiger partial charge on any atom is 0.369 e. The Bertz CT molecular complexity index is 182. The Morgan fingerprint density at radius 2 is 1.38 bits per heavy atom. The van der Waals surface area contributed by atoms with Crippen LogP contribution in [0.1, 0.15) is 13.8 Å². The Morgan fingerprint density at radius 3 is 1.46 bits per heavy atom. The summed E-state index contributed by atoms with van der Waals surface area (Å²) in [6.07, 6.45) is -3.26. The lowest BCUT2D eigenvalue weighted by molar-refractivity contribution is -0.339. The largest absolute Gasteiger partial charge is 0.369 e. The maximum absolute atomic E-state index is 12.3. The van der Waals surface area contributed by atoms with E-state index >= 15 is 0 Å². The van der Waals surface area contributed by atoms with Crippen LogP contribution in [0, 0.1) is 0 Å². The van der Waals surface area contributed by atoms with Crippen molar-refractivity contribution >= 4 is 0 Å². The molecule has 0 aliphatic carbocycles. The SMILES string of the molecule is CC(F)C(F)(F)C(F)(F)C(C)(O)F. The molecule has 80 valence electrons. The predicted octanol–water partition coefficient (Wildman–Crippen LogP) is 2.29. The number of aliphatic hydroxyl groups is 1. The van der Waals surface area contributed by atoms with Crippen LogP contribution in [0.2, 0.25) is 0 Å². The number of hydrogen-bond donors (Lipinski definition) is 1. The second-order valence-corrected chi connectivity index (χ2v) is 2.77. The molecule has 2 atom stereocenters. The van der Waals surface area contributed by atoms with Crippen LogP contribution in [0.3, 0.4) is 0 Å². The topological polar surface area (TPSA) is 20.2 Å².